The molecule has 3 aromatic carbocycles. The molecular weight excluding hydrogens is 568 g/mol. The van der Waals surface area contributed by atoms with Gasteiger partial charge < -0.3 is 14.3 Å². The maximum atomic E-state index is 13.9. The molecule has 2 unspecified atom stereocenters. The molecule has 2 N–H and O–H groups in total. The van der Waals surface area contributed by atoms with Crippen LogP contribution in [0, 0.1) is 0 Å². The fourth-order valence-corrected chi connectivity index (χ4v) is 5.95. The molecule has 3 aromatic heterocycles. The molecular formula is C31H25ClN8O3. The molecule has 4 heterocycles. The lowest BCUT2D eigenvalue weighted by Crippen LogP contribution is -2.41. The second kappa shape index (κ2) is 11.2. The van der Waals surface area contributed by atoms with E-state index in [1.165, 1.54) is 11.0 Å². The zero-order chi connectivity index (χ0) is 29.3. The van der Waals surface area contributed by atoms with Crippen LogP contribution in [0.3, 0.4) is 0 Å². The average Bonchev–Trinajstić information content (AvgIpc) is 3.81. The van der Waals surface area contributed by atoms with Crippen LogP contribution < -0.4 is 5.76 Å². The van der Waals surface area contributed by atoms with E-state index in [0.29, 0.717) is 45.4 Å². The largest absolute Gasteiger partial charge is 0.417 e. The molecule has 1 saturated heterocycles. The van der Waals surface area contributed by atoms with Gasteiger partial charge in [0.15, 0.2) is 5.58 Å². The van der Waals surface area contributed by atoms with Crippen molar-refractivity contribution in [1.29, 1.82) is 0 Å². The summed E-state index contributed by atoms with van der Waals surface area (Å²) >= 11 is 6.29. The van der Waals surface area contributed by atoms with E-state index in [0.717, 1.165) is 24.0 Å². The van der Waals surface area contributed by atoms with Gasteiger partial charge in [-0.15, -0.1) is 5.10 Å². The van der Waals surface area contributed by atoms with Crippen molar-refractivity contribution in [3.05, 3.63) is 118 Å². The first kappa shape index (κ1) is 26.6. The van der Waals surface area contributed by atoms with Crippen LogP contribution in [-0.4, -0.2) is 52.5 Å². The number of aromatic amines is 2. The van der Waals surface area contributed by atoms with Crippen LogP contribution >= 0.6 is 11.6 Å². The van der Waals surface area contributed by atoms with Gasteiger partial charge in [-0.1, -0.05) is 48.0 Å². The molecule has 43 heavy (non-hydrogen) atoms. The Kier molecular flexibility index (Phi) is 6.92. The van der Waals surface area contributed by atoms with Crippen molar-refractivity contribution >= 4 is 34.7 Å². The number of likely N-dealkylation sites (tertiary alicyclic amines) is 1. The Balaban J connectivity index is 1.24. The number of oxazole rings is 1. The fraction of sp³-hybridized carbons (Fsp3) is 0.161. The van der Waals surface area contributed by atoms with Crippen molar-refractivity contribution in [2.75, 3.05) is 6.54 Å². The number of tetrazole rings is 1. The number of hydrogen-bond donors (Lipinski definition) is 2. The number of aromatic nitrogens is 7. The van der Waals surface area contributed by atoms with Gasteiger partial charge >= 0.3 is 5.76 Å². The zero-order valence-corrected chi connectivity index (χ0v) is 23.5. The molecule has 12 heteroatoms. The molecule has 6 aromatic rings. The molecule has 0 radical (unpaired) electrons. The molecule has 2 atom stereocenters. The summed E-state index contributed by atoms with van der Waals surface area (Å²) in [6, 6.07) is 20.6. The summed E-state index contributed by atoms with van der Waals surface area (Å²) in [5.74, 6) is 0.0482. The first-order chi connectivity index (χ1) is 21.0. The van der Waals surface area contributed by atoms with Gasteiger partial charge in [0, 0.05) is 40.9 Å². The summed E-state index contributed by atoms with van der Waals surface area (Å²) in [5, 5.41) is 12.0. The number of rotatable bonds is 6. The molecule has 7 rings (SSSR count). The quantitative estimate of drug-likeness (QED) is 0.250. The maximum absolute atomic E-state index is 13.9. The standard InChI is InChI=1S/C31H25ClN8O3/c32-22-10-12-26(40-18-34-37-38-40)21(15-22)9-13-28(41)39-14-4-7-23(19-5-2-1-3-6-19)29(39)30-33-17-25(35-30)20-8-11-24-27(16-20)43-31(42)36-24/h1-3,5-6,8-13,15-18,23,29H,4,7,14H2,(H,33,35)(H,36,42). The third-order valence-electron chi connectivity index (χ3n) is 7.73. The Hall–Kier alpha value is -5.29. The van der Waals surface area contributed by atoms with Crippen LogP contribution in [0.25, 0.3) is 34.1 Å². The number of carbonyl (C=O) groups is 1. The minimum Gasteiger partial charge on any atom is -0.408 e. The van der Waals surface area contributed by atoms with Gasteiger partial charge in [0.2, 0.25) is 5.91 Å². The van der Waals surface area contributed by atoms with Gasteiger partial charge in [-0.3, -0.25) is 9.78 Å². The molecule has 214 valence electrons. The number of H-pyrrole nitrogens is 2. The predicted octanol–water partition coefficient (Wildman–Crippen LogP) is 5.30. The minimum atomic E-state index is -0.507. The summed E-state index contributed by atoms with van der Waals surface area (Å²) in [6.45, 7) is 0.572. The number of nitrogens with zero attached hydrogens (tertiary/aromatic N) is 6. The van der Waals surface area contributed by atoms with Crippen molar-refractivity contribution in [1.82, 2.24) is 40.1 Å². The van der Waals surface area contributed by atoms with E-state index < -0.39 is 5.76 Å². The zero-order valence-electron chi connectivity index (χ0n) is 22.7. The van der Waals surface area contributed by atoms with E-state index in [-0.39, 0.29) is 17.9 Å². The highest BCUT2D eigenvalue weighted by atomic mass is 35.5. The van der Waals surface area contributed by atoms with Gasteiger partial charge in [-0.2, -0.15) is 4.68 Å². The summed E-state index contributed by atoms with van der Waals surface area (Å²) < 4.78 is 6.77. The third-order valence-corrected chi connectivity index (χ3v) is 7.96. The molecule has 1 aliphatic rings. The second-order valence-electron chi connectivity index (χ2n) is 10.3. The number of halogens is 1. The smallest absolute Gasteiger partial charge is 0.408 e. The average molecular weight is 593 g/mol. The maximum Gasteiger partial charge on any atom is 0.417 e. The van der Waals surface area contributed by atoms with E-state index in [1.54, 1.807) is 42.5 Å². The van der Waals surface area contributed by atoms with Gasteiger partial charge in [0.05, 0.1) is 22.9 Å². The monoisotopic (exact) mass is 592 g/mol. The van der Waals surface area contributed by atoms with Crippen molar-refractivity contribution in [3.8, 4) is 16.9 Å². The van der Waals surface area contributed by atoms with Crippen molar-refractivity contribution in [2.45, 2.75) is 24.8 Å². The molecule has 0 spiro atoms. The number of imidazole rings is 1. The number of benzene rings is 3. The molecule has 1 amide bonds. The number of piperidine rings is 1. The summed E-state index contributed by atoms with van der Waals surface area (Å²) in [7, 11) is 0. The van der Waals surface area contributed by atoms with Gasteiger partial charge in [-0.05, 0) is 65.2 Å². The number of amides is 1. The third kappa shape index (κ3) is 5.26. The highest BCUT2D eigenvalue weighted by molar-refractivity contribution is 6.30. The topological polar surface area (TPSA) is 139 Å². The van der Waals surface area contributed by atoms with E-state index in [9.17, 15) is 9.59 Å². The molecule has 1 aliphatic heterocycles. The summed E-state index contributed by atoms with van der Waals surface area (Å²) in [4.78, 5) is 38.4. The van der Waals surface area contributed by atoms with Gasteiger partial charge in [0.1, 0.15) is 12.2 Å². The Labute approximate surface area is 249 Å². The van der Waals surface area contributed by atoms with Crippen LogP contribution in [0.4, 0.5) is 0 Å². The van der Waals surface area contributed by atoms with Gasteiger partial charge in [-0.25, -0.2) is 9.78 Å². The Morgan fingerprint density at radius 2 is 1.98 bits per heavy atom. The van der Waals surface area contributed by atoms with Crippen molar-refractivity contribution in [2.24, 2.45) is 0 Å². The molecule has 0 bridgehead atoms. The lowest BCUT2D eigenvalue weighted by molar-refractivity contribution is -0.130. The first-order valence-electron chi connectivity index (χ1n) is 13.8. The minimum absolute atomic E-state index is 0.0272. The number of carbonyl (C=O) groups excluding carboxylic acids is 1. The molecule has 0 saturated carbocycles. The van der Waals surface area contributed by atoms with Crippen molar-refractivity contribution < 1.29 is 9.21 Å². The fourth-order valence-electron chi connectivity index (χ4n) is 5.77. The van der Waals surface area contributed by atoms with Gasteiger partial charge in [0.25, 0.3) is 0 Å². The Morgan fingerprint density at radius 3 is 2.81 bits per heavy atom. The lowest BCUT2D eigenvalue weighted by Gasteiger charge is -2.40. The van der Waals surface area contributed by atoms with E-state index in [1.807, 2.05) is 35.4 Å². The first-order valence-corrected chi connectivity index (χ1v) is 14.2. The predicted molar refractivity (Wildman–Crippen MR) is 160 cm³/mol. The van der Waals surface area contributed by atoms with Crippen molar-refractivity contribution in [3.63, 3.8) is 0 Å². The van der Waals surface area contributed by atoms with Crippen LogP contribution in [0.1, 0.15) is 41.8 Å². The van der Waals surface area contributed by atoms with Crippen LogP contribution in [0.5, 0.6) is 0 Å². The summed E-state index contributed by atoms with van der Waals surface area (Å²) in [6.07, 6.45) is 8.35. The van der Waals surface area contributed by atoms with E-state index in [4.69, 9.17) is 21.0 Å². The molecule has 1 fully saturated rings. The van der Waals surface area contributed by atoms with Crippen LogP contribution in [0.2, 0.25) is 5.02 Å². The number of fused-ring (bicyclic) bond motifs is 1. The summed E-state index contributed by atoms with van der Waals surface area (Å²) in [5.41, 5.74) is 5.08. The number of hydrogen-bond acceptors (Lipinski definition) is 7. The highest BCUT2D eigenvalue weighted by Crippen LogP contribution is 2.42. The highest BCUT2D eigenvalue weighted by Gasteiger charge is 2.37. The lowest BCUT2D eigenvalue weighted by atomic mass is 9.83. The number of nitrogens with one attached hydrogen (secondary N) is 2. The Bertz CT molecular complexity index is 1990. The second-order valence-corrected chi connectivity index (χ2v) is 10.8. The van der Waals surface area contributed by atoms with Crippen LogP contribution in [0.15, 0.2) is 94.5 Å². The van der Waals surface area contributed by atoms with E-state index in [2.05, 4.69) is 37.6 Å². The normalized spacial score (nSPS) is 17.2. The molecule has 11 nitrogen and oxygen atoms in total. The Morgan fingerprint density at radius 1 is 1.09 bits per heavy atom. The molecule has 0 aliphatic carbocycles. The van der Waals surface area contributed by atoms with E-state index >= 15 is 0 Å². The SMILES string of the molecule is O=C(C=Cc1cc(Cl)ccc1-n1cnnn1)N1CCCC(c2ccccc2)C1c1nc(-c2ccc3[nH]c(=O)oc3c2)c[nH]1. The van der Waals surface area contributed by atoms with Crippen LogP contribution in [-0.2, 0) is 4.79 Å².